The number of carbonyl (C=O) groups is 2. The number of benzene rings is 2. The Morgan fingerprint density at radius 2 is 1.68 bits per heavy atom. The molecule has 3 aromatic rings. The molecule has 0 bridgehead atoms. The second-order valence-corrected chi connectivity index (χ2v) is 6.65. The highest BCUT2D eigenvalue weighted by atomic mass is 16.3. The lowest BCUT2D eigenvalue weighted by Gasteiger charge is -2.25. The van der Waals surface area contributed by atoms with E-state index in [2.05, 4.69) is 4.98 Å². The molecule has 1 atom stereocenters. The number of nitrogens with zero attached hydrogens (tertiary/aromatic N) is 2. The second-order valence-electron chi connectivity index (χ2n) is 6.65. The van der Waals surface area contributed by atoms with Crippen molar-refractivity contribution < 1.29 is 14.7 Å². The van der Waals surface area contributed by atoms with Crippen molar-refractivity contribution in [3.8, 4) is 0 Å². The number of hydrogen-bond donors (Lipinski definition) is 1. The molecule has 0 aliphatic carbocycles. The van der Waals surface area contributed by atoms with Gasteiger partial charge in [0, 0.05) is 23.6 Å². The monoisotopic (exact) mass is 370 g/mol. The van der Waals surface area contributed by atoms with Crippen LogP contribution in [-0.2, 0) is 9.59 Å². The second kappa shape index (κ2) is 7.12. The van der Waals surface area contributed by atoms with Crippen molar-refractivity contribution in [3.63, 3.8) is 0 Å². The molecule has 1 aliphatic rings. The molecule has 0 saturated carbocycles. The van der Waals surface area contributed by atoms with Gasteiger partial charge < -0.3 is 5.11 Å². The molecular weight excluding hydrogens is 352 g/mol. The maximum atomic E-state index is 12.9. The topological polar surface area (TPSA) is 70.5 Å². The van der Waals surface area contributed by atoms with Crippen LogP contribution in [0.3, 0.4) is 0 Å². The molecule has 5 nitrogen and oxygen atoms in total. The molecule has 1 saturated heterocycles. The Kier molecular flexibility index (Phi) is 4.49. The molecule has 2 heterocycles. The fourth-order valence-corrected chi connectivity index (χ4v) is 3.51. The molecule has 1 fully saturated rings. The lowest BCUT2D eigenvalue weighted by atomic mass is 9.94. The molecule has 1 aromatic heterocycles. The highest BCUT2D eigenvalue weighted by Gasteiger charge is 2.46. The molecular formula is C23H18N2O3. The number of aryl methyl sites for hydroxylation is 1. The van der Waals surface area contributed by atoms with Crippen LogP contribution in [-0.4, -0.2) is 21.8 Å². The molecule has 138 valence electrons. The number of aliphatic hydroxyl groups is 1. The number of aliphatic hydroxyl groups excluding tert-OH is 1. The van der Waals surface area contributed by atoms with Gasteiger partial charge in [0.25, 0.3) is 11.7 Å². The van der Waals surface area contributed by atoms with Crippen molar-refractivity contribution in [2.45, 2.75) is 13.0 Å². The third-order valence-corrected chi connectivity index (χ3v) is 4.79. The fraction of sp³-hybridized carbons (Fsp3) is 0.0870. The van der Waals surface area contributed by atoms with Crippen LogP contribution >= 0.6 is 0 Å². The van der Waals surface area contributed by atoms with Gasteiger partial charge in [0.15, 0.2) is 0 Å². The van der Waals surface area contributed by atoms with Crippen molar-refractivity contribution in [3.05, 3.63) is 101 Å². The summed E-state index contributed by atoms with van der Waals surface area (Å²) in [7, 11) is 0. The van der Waals surface area contributed by atoms with Gasteiger partial charge in [-0.1, -0.05) is 48.0 Å². The van der Waals surface area contributed by atoms with Crippen LogP contribution in [0, 0.1) is 6.92 Å². The van der Waals surface area contributed by atoms with Crippen molar-refractivity contribution in [2.24, 2.45) is 0 Å². The minimum Gasteiger partial charge on any atom is -0.507 e. The highest BCUT2D eigenvalue weighted by Crippen LogP contribution is 2.42. The van der Waals surface area contributed by atoms with Crippen LogP contribution in [0.2, 0.25) is 0 Å². The Hall–Kier alpha value is -3.73. The van der Waals surface area contributed by atoms with Crippen molar-refractivity contribution in [2.75, 3.05) is 4.90 Å². The van der Waals surface area contributed by atoms with E-state index in [4.69, 9.17) is 0 Å². The normalized spacial score (nSPS) is 18.5. The number of para-hydroxylation sites is 1. The number of aromatic nitrogens is 1. The van der Waals surface area contributed by atoms with E-state index in [0.29, 0.717) is 11.3 Å². The van der Waals surface area contributed by atoms with Gasteiger partial charge in [-0.05, 0) is 36.8 Å². The van der Waals surface area contributed by atoms with Gasteiger partial charge in [-0.25, -0.2) is 0 Å². The van der Waals surface area contributed by atoms with E-state index in [1.807, 2.05) is 49.4 Å². The third kappa shape index (κ3) is 2.97. The van der Waals surface area contributed by atoms with E-state index in [1.165, 1.54) is 17.3 Å². The van der Waals surface area contributed by atoms with E-state index in [0.717, 1.165) is 11.1 Å². The van der Waals surface area contributed by atoms with Crippen molar-refractivity contribution >= 4 is 23.1 Å². The predicted molar refractivity (Wildman–Crippen MR) is 107 cm³/mol. The lowest BCUT2D eigenvalue weighted by Crippen LogP contribution is -2.29. The number of hydrogen-bond acceptors (Lipinski definition) is 4. The number of anilines is 1. The molecule has 0 spiro atoms. The van der Waals surface area contributed by atoms with Gasteiger partial charge in [-0.3, -0.25) is 19.5 Å². The first kappa shape index (κ1) is 17.7. The zero-order chi connectivity index (χ0) is 19.7. The predicted octanol–water partition coefficient (Wildman–Crippen LogP) is 4.02. The SMILES string of the molecule is Cc1cccc(C2/C(=C(/O)c3ccncc3)C(=O)C(=O)N2c2ccccc2)c1. The van der Waals surface area contributed by atoms with Gasteiger partial charge in [0.1, 0.15) is 5.76 Å². The summed E-state index contributed by atoms with van der Waals surface area (Å²) in [6, 6.07) is 19.1. The zero-order valence-electron chi connectivity index (χ0n) is 15.2. The van der Waals surface area contributed by atoms with Gasteiger partial charge >= 0.3 is 0 Å². The molecule has 1 amide bonds. The molecule has 2 aromatic carbocycles. The third-order valence-electron chi connectivity index (χ3n) is 4.79. The largest absolute Gasteiger partial charge is 0.507 e. The summed E-state index contributed by atoms with van der Waals surface area (Å²) in [5.74, 6) is -1.57. The molecule has 1 N–H and O–H groups in total. The van der Waals surface area contributed by atoms with E-state index in [9.17, 15) is 14.7 Å². The van der Waals surface area contributed by atoms with Gasteiger partial charge in [0.2, 0.25) is 0 Å². The summed E-state index contributed by atoms with van der Waals surface area (Å²) in [6.07, 6.45) is 3.06. The maximum Gasteiger partial charge on any atom is 0.300 e. The van der Waals surface area contributed by atoms with Crippen molar-refractivity contribution in [1.82, 2.24) is 4.98 Å². The number of ketones is 1. The Labute approximate surface area is 162 Å². The summed E-state index contributed by atoms with van der Waals surface area (Å²) < 4.78 is 0. The van der Waals surface area contributed by atoms with E-state index in [1.54, 1.807) is 24.3 Å². The number of pyridine rings is 1. The van der Waals surface area contributed by atoms with Crippen LogP contribution in [0.25, 0.3) is 5.76 Å². The minimum atomic E-state index is -0.713. The van der Waals surface area contributed by atoms with Gasteiger partial charge in [-0.15, -0.1) is 0 Å². The summed E-state index contributed by atoms with van der Waals surface area (Å²) in [5, 5.41) is 10.9. The summed E-state index contributed by atoms with van der Waals surface area (Å²) in [6.45, 7) is 1.95. The Balaban J connectivity index is 1.96. The van der Waals surface area contributed by atoms with E-state index >= 15 is 0 Å². The van der Waals surface area contributed by atoms with Crippen molar-refractivity contribution in [1.29, 1.82) is 0 Å². The quantitative estimate of drug-likeness (QED) is 0.429. The molecule has 28 heavy (non-hydrogen) atoms. The van der Waals surface area contributed by atoms with E-state index < -0.39 is 17.7 Å². The fourth-order valence-electron chi connectivity index (χ4n) is 3.51. The highest BCUT2D eigenvalue weighted by molar-refractivity contribution is 6.51. The minimum absolute atomic E-state index is 0.0747. The summed E-state index contributed by atoms with van der Waals surface area (Å²) in [5.41, 5.74) is 2.88. The number of rotatable bonds is 3. The lowest BCUT2D eigenvalue weighted by molar-refractivity contribution is -0.132. The molecule has 0 radical (unpaired) electrons. The molecule has 4 rings (SSSR count). The first-order valence-electron chi connectivity index (χ1n) is 8.91. The average molecular weight is 370 g/mol. The van der Waals surface area contributed by atoms with Crippen LogP contribution in [0.4, 0.5) is 5.69 Å². The Morgan fingerprint density at radius 1 is 0.964 bits per heavy atom. The maximum absolute atomic E-state index is 12.9. The number of carbonyl (C=O) groups excluding carboxylic acids is 2. The first-order valence-corrected chi connectivity index (χ1v) is 8.91. The first-order chi connectivity index (χ1) is 13.6. The Morgan fingerprint density at radius 3 is 2.36 bits per heavy atom. The smallest absolute Gasteiger partial charge is 0.300 e. The van der Waals surface area contributed by atoms with Crippen LogP contribution in [0.15, 0.2) is 84.7 Å². The molecule has 1 aliphatic heterocycles. The molecule has 5 heteroatoms. The standard InChI is InChI=1S/C23H18N2O3/c1-15-6-5-7-17(14-15)20-19(21(26)16-10-12-24-13-11-16)22(27)23(28)25(20)18-8-3-2-4-9-18/h2-14,20,26H,1H3/b21-19-. The van der Waals surface area contributed by atoms with E-state index in [-0.39, 0.29) is 11.3 Å². The van der Waals surface area contributed by atoms with Crippen LogP contribution in [0.1, 0.15) is 22.7 Å². The average Bonchev–Trinajstić information content (AvgIpc) is 3.00. The Bertz CT molecular complexity index is 1080. The van der Waals surface area contributed by atoms with Gasteiger partial charge in [-0.2, -0.15) is 0 Å². The summed E-state index contributed by atoms with van der Waals surface area (Å²) >= 11 is 0. The number of Topliss-reactive ketones (excluding diaryl/α,β-unsaturated/α-hetero) is 1. The zero-order valence-corrected chi connectivity index (χ0v) is 15.2. The van der Waals surface area contributed by atoms with Gasteiger partial charge in [0.05, 0.1) is 11.6 Å². The summed E-state index contributed by atoms with van der Waals surface area (Å²) in [4.78, 5) is 31.3. The number of amides is 1. The van der Waals surface area contributed by atoms with Crippen LogP contribution < -0.4 is 4.90 Å². The molecule has 1 unspecified atom stereocenters. The van der Waals surface area contributed by atoms with Crippen LogP contribution in [0.5, 0.6) is 0 Å².